The number of amides is 1. The maximum atomic E-state index is 12.5. The highest BCUT2D eigenvalue weighted by Crippen LogP contribution is 2.42. The Morgan fingerprint density at radius 1 is 1.33 bits per heavy atom. The van der Waals surface area contributed by atoms with E-state index in [0.29, 0.717) is 16.6 Å². The lowest BCUT2D eigenvalue weighted by Crippen LogP contribution is -2.16. The zero-order valence-corrected chi connectivity index (χ0v) is 17.8. The van der Waals surface area contributed by atoms with E-state index in [2.05, 4.69) is 31.8 Å². The van der Waals surface area contributed by atoms with Gasteiger partial charge in [0.2, 0.25) is 0 Å². The van der Waals surface area contributed by atoms with Crippen LogP contribution < -0.4 is 5.32 Å². The Kier molecular flexibility index (Phi) is 7.72. The average Bonchev–Trinajstić information content (AvgIpc) is 3.06. The summed E-state index contributed by atoms with van der Waals surface area (Å²) in [6.07, 6.45) is 10.4. The van der Waals surface area contributed by atoms with Crippen molar-refractivity contribution >= 4 is 39.7 Å². The van der Waals surface area contributed by atoms with Crippen LogP contribution in [0.1, 0.15) is 76.8 Å². The van der Waals surface area contributed by atoms with Crippen molar-refractivity contribution in [3.63, 3.8) is 0 Å². The number of anilines is 1. The van der Waals surface area contributed by atoms with Gasteiger partial charge in [0.15, 0.2) is 5.13 Å². The van der Waals surface area contributed by atoms with Gasteiger partial charge >= 0.3 is 0 Å². The van der Waals surface area contributed by atoms with Crippen molar-refractivity contribution in [3.8, 4) is 0 Å². The standard InChI is InChI=1S/C22H31N3OS/c1-6-15(5)19-20(17(7-2)16-11-9-8-10-12-16)27-22(24-19)25-21(26)18(13-23)14(3)4/h7,13,16,23H,5-6,8-12H2,1-4H3,(H,24,25,26)/b17-7-,23-13?. The molecule has 1 saturated carbocycles. The number of aromatic nitrogens is 1. The summed E-state index contributed by atoms with van der Waals surface area (Å²) < 4.78 is 0. The fourth-order valence-electron chi connectivity index (χ4n) is 3.54. The number of hydrogen-bond donors (Lipinski definition) is 2. The quantitative estimate of drug-likeness (QED) is 0.417. The molecule has 2 N–H and O–H groups in total. The number of allylic oxidation sites excluding steroid dienone is 4. The number of nitrogens with zero attached hydrogens (tertiary/aromatic N) is 1. The van der Waals surface area contributed by atoms with Gasteiger partial charge in [-0.2, -0.15) is 0 Å². The molecular formula is C22H31N3OS. The van der Waals surface area contributed by atoms with Crippen LogP contribution in [0.25, 0.3) is 11.1 Å². The van der Waals surface area contributed by atoms with Gasteiger partial charge in [0.25, 0.3) is 5.91 Å². The second kappa shape index (κ2) is 9.79. The molecule has 0 spiro atoms. The highest BCUT2D eigenvalue weighted by molar-refractivity contribution is 7.17. The third-order valence-electron chi connectivity index (χ3n) is 5.16. The second-order valence-electron chi connectivity index (χ2n) is 7.24. The van der Waals surface area contributed by atoms with Gasteiger partial charge in [-0.1, -0.05) is 55.8 Å². The van der Waals surface area contributed by atoms with E-state index >= 15 is 0 Å². The molecule has 0 unspecified atom stereocenters. The Bertz CT molecular complexity index is 775. The van der Waals surface area contributed by atoms with Crippen LogP contribution in [-0.2, 0) is 4.79 Å². The molecule has 0 atom stereocenters. The van der Waals surface area contributed by atoms with E-state index in [-0.39, 0.29) is 5.91 Å². The van der Waals surface area contributed by atoms with E-state index in [1.54, 1.807) is 0 Å². The SMILES string of the molecule is C=C(CC)c1nc(NC(=O)C(C=N)=C(C)C)sc1/C(=C\C)C1CCCCC1. The molecule has 0 saturated heterocycles. The summed E-state index contributed by atoms with van der Waals surface area (Å²) >= 11 is 1.53. The van der Waals surface area contributed by atoms with Crippen molar-refractivity contribution in [1.29, 1.82) is 5.41 Å². The summed E-state index contributed by atoms with van der Waals surface area (Å²) in [4.78, 5) is 18.3. The van der Waals surface area contributed by atoms with E-state index < -0.39 is 0 Å². The predicted octanol–water partition coefficient (Wildman–Crippen LogP) is 6.47. The fraction of sp³-hybridized carbons (Fsp3) is 0.500. The molecule has 1 heterocycles. The summed E-state index contributed by atoms with van der Waals surface area (Å²) in [7, 11) is 0. The Hall–Kier alpha value is -2.01. The van der Waals surface area contributed by atoms with Gasteiger partial charge in [0.1, 0.15) is 0 Å². The van der Waals surface area contributed by atoms with Crippen LogP contribution in [0.3, 0.4) is 0 Å². The van der Waals surface area contributed by atoms with Crippen molar-refractivity contribution in [2.75, 3.05) is 5.32 Å². The molecule has 1 amide bonds. The molecule has 0 bridgehead atoms. The van der Waals surface area contributed by atoms with Gasteiger partial charge < -0.3 is 5.41 Å². The van der Waals surface area contributed by atoms with Crippen LogP contribution in [0.5, 0.6) is 0 Å². The number of hydrogen-bond acceptors (Lipinski definition) is 4. The summed E-state index contributed by atoms with van der Waals surface area (Å²) in [5, 5.41) is 10.9. The lowest BCUT2D eigenvalue weighted by molar-refractivity contribution is -0.112. The summed E-state index contributed by atoms with van der Waals surface area (Å²) in [6.45, 7) is 12.0. The van der Waals surface area contributed by atoms with Gasteiger partial charge in [-0.25, -0.2) is 4.98 Å². The minimum atomic E-state index is -0.279. The first-order valence-corrected chi connectivity index (χ1v) is 10.6. The minimum absolute atomic E-state index is 0.279. The minimum Gasteiger partial charge on any atom is -0.308 e. The van der Waals surface area contributed by atoms with Crippen molar-refractivity contribution in [3.05, 3.63) is 34.4 Å². The Balaban J connectivity index is 2.39. The first-order chi connectivity index (χ1) is 12.9. The van der Waals surface area contributed by atoms with Gasteiger partial charge in [0, 0.05) is 6.21 Å². The van der Waals surface area contributed by atoms with Crippen molar-refractivity contribution in [2.45, 2.75) is 66.2 Å². The third kappa shape index (κ3) is 5.04. The van der Waals surface area contributed by atoms with Crippen LogP contribution >= 0.6 is 11.3 Å². The highest BCUT2D eigenvalue weighted by Gasteiger charge is 2.25. The highest BCUT2D eigenvalue weighted by atomic mass is 32.1. The lowest BCUT2D eigenvalue weighted by Gasteiger charge is -2.24. The number of rotatable bonds is 7. The Morgan fingerprint density at radius 2 is 2.00 bits per heavy atom. The topological polar surface area (TPSA) is 65.8 Å². The molecule has 146 valence electrons. The van der Waals surface area contributed by atoms with Crippen molar-refractivity contribution < 1.29 is 4.79 Å². The van der Waals surface area contributed by atoms with E-state index in [1.807, 2.05) is 13.8 Å². The van der Waals surface area contributed by atoms with Crippen molar-refractivity contribution in [1.82, 2.24) is 4.98 Å². The third-order valence-corrected chi connectivity index (χ3v) is 6.17. The first-order valence-electron chi connectivity index (χ1n) is 9.77. The van der Waals surface area contributed by atoms with E-state index in [4.69, 9.17) is 10.4 Å². The van der Waals surface area contributed by atoms with Gasteiger partial charge in [-0.05, 0) is 57.1 Å². The molecule has 5 heteroatoms. The molecule has 1 aliphatic carbocycles. The summed E-state index contributed by atoms with van der Waals surface area (Å²) in [5.74, 6) is 0.282. The Labute approximate surface area is 167 Å². The maximum absolute atomic E-state index is 12.5. The smallest absolute Gasteiger partial charge is 0.258 e. The Morgan fingerprint density at radius 3 is 2.52 bits per heavy atom. The van der Waals surface area contributed by atoms with E-state index in [9.17, 15) is 4.79 Å². The zero-order valence-electron chi connectivity index (χ0n) is 16.9. The molecule has 2 rings (SSSR count). The first kappa shape index (κ1) is 21.3. The van der Waals surface area contributed by atoms with E-state index in [0.717, 1.165) is 34.4 Å². The van der Waals surface area contributed by atoms with Crippen molar-refractivity contribution in [2.24, 2.45) is 5.92 Å². The van der Waals surface area contributed by atoms with Gasteiger partial charge in [-0.15, -0.1) is 0 Å². The summed E-state index contributed by atoms with van der Waals surface area (Å²) in [5.41, 5.74) is 4.43. The lowest BCUT2D eigenvalue weighted by atomic mass is 9.82. The molecule has 1 aliphatic rings. The van der Waals surface area contributed by atoms with Crippen LogP contribution in [0, 0.1) is 11.3 Å². The molecular weight excluding hydrogens is 354 g/mol. The average molecular weight is 386 g/mol. The second-order valence-corrected chi connectivity index (χ2v) is 8.24. The van der Waals surface area contributed by atoms with E-state index in [1.165, 1.54) is 49.0 Å². The van der Waals surface area contributed by atoms with Crippen LogP contribution in [-0.4, -0.2) is 17.1 Å². The molecule has 27 heavy (non-hydrogen) atoms. The zero-order chi connectivity index (χ0) is 20.0. The molecule has 1 aromatic heterocycles. The van der Waals surface area contributed by atoms with Crippen LogP contribution in [0.15, 0.2) is 23.8 Å². The molecule has 0 radical (unpaired) electrons. The monoisotopic (exact) mass is 385 g/mol. The van der Waals surface area contributed by atoms with Crippen LogP contribution in [0.2, 0.25) is 0 Å². The fourth-order valence-corrected chi connectivity index (χ4v) is 4.71. The summed E-state index contributed by atoms with van der Waals surface area (Å²) in [6, 6.07) is 0. The normalized spacial score (nSPS) is 15.3. The number of carbonyl (C=O) groups excluding carboxylic acids is 1. The molecule has 4 nitrogen and oxygen atoms in total. The maximum Gasteiger partial charge on any atom is 0.258 e. The van der Waals surface area contributed by atoms with Gasteiger partial charge in [-0.3, -0.25) is 10.1 Å². The molecule has 1 aromatic rings. The molecule has 0 aromatic carbocycles. The number of carbonyl (C=O) groups is 1. The predicted molar refractivity (Wildman–Crippen MR) is 117 cm³/mol. The molecule has 0 aliphatic heterocycles. The van der Waals surface area contributed by atoms with Gasteiger partial charge in [0.05, 0.1) is 16.1 Å². The molecule has 1 fully saturated rings. The van der Waals surface area contributed by atoms with Crippen LogP contribution in [0.4, 0.5) is 5.13 Å². The largest absolute Gasteiger partial charge is 0.308 e. The number of thiazole rings is 1. The number of nitrogens with one attached hydrogen (secondary N) is 2.